The molecule has 1 saturated heterocycles. The number of aryl methyl sites for hydroxylation is 1. The molecule has 0 amide bonds. The molecule has 3 heterocycles. The molecule has 6 nitrogen and oxygen atoms in total. The Labute approximate surface area is 188 Å². The molecule has 6 heteroatoms. The Morgan fingerprint density at radius 3 is 2.38 bits per heavy atom. The summed E-state index contributed by atoms with van der Waals surface area (Å²) in [6.45, 7) is 8.09. The van der Waals surface area contributed by atoms with Gasteiger partial charge in [0.05, 0.1) is 31.1 Å². The summed E-state index contributed by atoms with van der Waals surface area (Å²) in [7, 11) is 0. The fourth-order valence-corrected chi connectivity index (χ4v) is 4.41. The van der Waals surface area contributed by atoms with Crippen LogP contribution in [0, 0.1) is 6.92 Å². The number of benzene rings is 2. The van der Waals surface area contributed by atoms with Crippen LogP contribution in [0.3, 0.4) is 0 Å². The molecular weight excluding hydrogens is 398 g/mol. The Hall–Kier alpha value is -3.22. The van der Waals surface area contributed by atoms with E-state index in [1.165, 1.54) is 0 Å². The van der Waals surface area contributed by atoms with E-state index in [4.69, 9.17) is 14.8 Å². The molecule has 0 radical (unpaired) electrons. The first-order valence-corrected chi connectivity index (χ1v) is 11.5. The van der Waals surface area contributed by atoms with Crippen molar-refractivity contribution in [3.05, 3.63) is 72.4 Å². The van der Waals surface area contributed by atoms with E-state index >= 15 is 0 Å². The third-order valence-corrected chi connectivity index (χ3v) is 6.11. The zero-order chi connectivity index (χ0) is 21.8. The fourth-order valence-electron chi connectivity index (χ4n) is 4.41. The van der Waals surface area contributed by atoms with Gasteiger partial charge in [0.25, 0.3) is 0 Å². The number of hydrogen-bond acceptors (Lipinski definition) is 4. The van der Waals surface area contributed by atoms with Gasteiger partial charge in [-0.25, -0.2) is 4.98 Å². The summed E-state index contributed by atoms with van der Waals surface area (Å²) in [5.74, 6) is 0.983. The second-order valence-electron chi connectivity index (χ2n) is 8.35. The van der Waals surface area contributed by atoms with Crippen LogP contribution in [0.1, 0.15) is 12.1 Å². The Morgan fingerprint density at radius 2 is 1.66 bits per heavy atom. The molecule has 5 rings (SSSR count). The van der Waals surface area contributed by atoms with Crippen molar-refractivity contribution in [3.63, 3.8) is 0 Å². The van der Waals surface area contributed by atoms with Crippen LogP contribution in [0.5, 0.6) is 0 Å². The number of aromatic nitrogens is 3. The number of nitrogens with zero attached hydrogens (tertiary/aromatic N) is 3. The maximum absolute atomic E-state index is 5.47. The molecule has 1 aliphatic heterocycles. The quantitative estimate of drug-likeness (QED) is 0.444. The number of morpholine rings is 1. The molecule has 32 heavy (non-hydrogen) atoms. The van der Waals surface area contributed by atoms with Gasteiger partial charge in [-0.3, -0.25) is 0 Å². The monoisotopic (exact) mass is 428 g/mol. The van der Waals surface area contributed by atoms with Crippen molar-refractivity contribution in [2.24, 2.45) is 0 Å². The molecule has 2 aromatic carbocycles. The van der Waals surface area contributed by atoms with Crippen molar-refractivity contribution < 1.29 is 9.64 Å². The molecule has 0 atom stereocenters. The van der Waals surface area contributed by atoms with E-state index in [1.807, 2.05) is 16.6 Å². The van der Waals surface area contributed by atoms with Gasteiger partial charge in [-0.15, -0.1) is 0 Å². The van der Waals surface area contributed by atoms with E-state index in [-0.39, 0.29) is 0 Å². The van der Waals surface area contributed by atoms with Gasteiger partial charge >= 0.3 is 0 Å². The van der Waals surface area contributed by atoms with Crippen LogP contribution in [-0.2, 0) is 4.74 Å². The van der Waals surface area contributed by atoms with E-state index in [1.54, 1.807) is 4.90 Å². The molecule has 2 aromatic heterocycles. The van der Waals surface area contributed by atoms with Crippen LogP contribution in [-0.4, -0.2) is 54.0 Å². The number of anilines is 1. The molecule has 0 saturated carbocycles. The highest BCUT2D eigenvalue weighted by atomic mass is 16.5. The smallest absolute Gasteiger partial charge is 0.166 e. The Morgan fingerprint density at radius 1 is 0.969 bits per heavy atom. The minimum Gasteiger partial charge on any atom is -0.370 e. The first-order valence-electron chi connectivity index (χ1n) is 11.5. The summed E-state index contributed by atoms with van der Waals surface area (Å²) >= 11 is 0. The van der Waals surface area contributed by atoms with E-state index in [0.717, 1.165) is 85.4 Å². The largest absolute Gasteiger partial charge is 0.370 e. The topological polar surface area (TPSA) is 55.9 Å². The Balaban J connectivity index is 1.48. The number of rotatable bonds is 7. The summed E-state index contributed by atoms with van der Waals surface area (Å²) in [5.41, 5.74) is 6.15. The number of ether oxygens (including phenoxy) is 1. The van der Waals surface area contributed by atoms with Gasteiger partial charge < -0.3 is 15.0 Å². The number of nitrogens with one attached hydrogen (secondary N) is 2. The van der Waals surface area contributed by atoms with Crippen LogP contribution < -0.4 is 10.2 Å². The van der Waals surface area contributed by atoms with E-state index < -0.39 is 0 Å². The summed E-state index contributed by atoms with van der Waals surface area (Å²) in [6.07, 6.45) is 1.10. The van der Waals surface area contributed by atoms with E-state index in [9.17, 15) is 0 Å². The molecule has 0 aliphatic carbocycles. The minimum atomic E-state index is 0.878. The Kier molecular flexibility index (Phi) is 6.14. The van der Waals surface area contributed by atoms with Crippen molar-refractivity contribution in [3.8, 4) is 22.4 Å². The molecule has 2 N–H and O–H groups in total. The zero-order valence-electron chi connectivity index (χ0n) is 18.6. The first kappa shape index (κ1) is 20.7. The highest BCUT2D eigenvalue weighted by Crippen LogP contribution is 2.31. The second-order valence-corrected chi connectivity index (χ2v) is 8.35. The minimum absolute atomic E-state index is 0.878. The number of quaternary nitrogens is 1. The van der Waals surface area contributed by atoms with Crippen molar-refractivity contribution in [1.82, 2.24) is 14.6 Å². The van der Waals surface area contributed by atoms with Crippen molar-refractivity contribution >= 4 is 11.5 Å². The van der Waals surface area contributed by atoms with Crippen molar-refractivity contribution in [1.29, 1.82) is 0 Å². The predicted molar refractivity (Wildman–Crippen MR) is 128 cm³/mol. The Bertz CT molecular complexity index is 1170. The molecule has 164 valence electrons. The highest BCUT2D eigenvalue weighted by molar-refractivity contribution is 5.82. The van der Waals surface area contributed by atoms with Gasteiger partial charge in [-0.2, -0.15) is 9.61 Å². The van der Waals surface area contributed by atoms with Gasteiger partial charge in [-0.05, 0) is 12.5 Å². The lowest BCUT2D eigenvalue weighted by Crippen LogP contribution is -3.14. The number of fused-ring (bicyclic) bond motifs is 1. The van der Waals surface area contributed by atoms with Crippen LogP contribution in [0.2, 0.25) is 0 Å². The highest BCUT2D eigenvalue weighted by Gasteiger charge is 2.18. The van der Waals surface area contributed by atoms with Gasteiger partial charge in [0, 0.05) is 30.2 Å². The lowest BCUT2D eigenvalue weighted by Gasteiger charge is -2.23. The maximum atomic E-state index is 5.47. The fraction of sp³-hybridized carbons (Fsp3) is 0.308. The summed E-state index contributed by atoms with van der Waals surface area (Å²) < 4.78 is 7.44. The normalized spacial score (nSPS) is 14.7. The van der Waals surface area contributed by atoms with Crippen molar-refractivity contribution in [2.75, 3.05) is 44.7 Å². The van der Waals surface area contributed by atoms with Crippen LogP contribution >= 0.6 is 0 Å². The first-order chi connectivity index (χ1) is 15.8. The van der Waals surface area contributed by atoms with Crippen molar-refractivity contribution in [2.45, 2.75) is 13.3 Å². The standard InChI is InChI=1S/C26H29N5O/c1-20-25(22-11-6-3-7-12-22)26-28-23(21-9-4-2-5-10-21)19-24(31(26)29-20)27-13-8-14-30-15-17-32-18-16-30/h2-7,9-12,19,27H,8,13-18H2,1H3/p+1. The van der Waals surface area contributed by atoms with E-state index in [0.29, 0.717) is 0 Å². The molecular formula is C26H30N5O+. The zero-order valence-corrected chi connectivity index (χ0v) is 18.6. The van der Waals surface area contributed by atoms with Crippen LogP contribution in [0.15, 0.2) is 66.7 Å². The molecule has 0 bridgehead atoms. The molecule has 1 aliphatic rings. The molecule has 0 spiro atoms. The third kappa shape index (κ3) is 4.38. The second kappa shape index (κ2) is 9.51. The van der Waals surface area contributed by atoms with Gasteiger partial charge in [0.2, 0.25) is 0 Å². The summed E-state index contributed by atoms with van der Waals surface area (Å²) in [5, 5.41) is 8.51. The van der Waals surface area contributed by atoms with Gasteiger partial charge in [0.15, 0.2) is 5.65 Å². The van der Waals surface area contributed by atoms with E-state index in [2.05, 4.69) is 66.8 Å². The lowest BCUT2D eigenvalue weighted by atomic mass is 10.1. The summed E-state index contributed by atoms with van der Waals surface area (Å²) in [6, 6.07) is 22.9. The average molecular weight is 429 g/mol. The van der Waals surface area contributed by atoms with Crippen LogP contribution in [0.4, 0.5) is 5.82 Å². The lowest BCUT2D eigenvalue weighted by molar-refractivity contribution is -0.908. The SMILES string of the molecule is Cc1nn2c(NCCC[NH+]3CCOCC3)cc(-c3ccccc3)nc2c1-c1ccccc1. The average Bonchev–Trinajstić information content (AvgIpc) is 3.19. The molecule has 4 aromatic rings. The molecule has 1 fully saturated rings. The third-order valence-electron chi connectivity index (χ3n) is 6.11. The maximum Gasteiger partial charge on any atom is 0.166 e. The predicted octanol–water partition coefficient (Wildman–Crippen LogP) is 3.09. The van der Waals surface area contributed by atoms with Gasteiger partial charge in [0.1, 0.15) is 18.9 Å². The molecule has 0 unspecified atom stereocenters. The van der Waals surface area contributed by atoms with Crippen LogP contribution in [0.25, 0.3) is 28.0 Å². The van der Waals surface area contributed by atoms with Gasteiger partial charge in [-0.1, -0.05) is 60.7 Å². The number of hydrogen-bond donors (Lipinski definition) is 2. The summed E-state index contributed by atoms with van der Waals surface area (Å²) in [4.78, 5) is 6.68.